The number of hydrogen-bond donors (Lipinski definition) is 3. The van der Waals surface area contributed by atoms with Gasteiger partial charge < -0.3 is 0 Å². The van der Waals surface area contributed by atoms with Crippen LogP contribution in [0.5, 0.6) is 0 Å². The van der Waals surface area contributed by atoms with Crippen LogP contribution in [0.15, 0.2) is 36.4 Å². The van der Waals surface area contributed by atoms with Crippen LogP contribution >= 0.6 is 0 Å². The van der Waals surface area contributed by atoms with Gasteiger partial charge >= 0.3 is 95.5 Å². The van der Waals surface area contributed by atoms with Crippen molar-refractivity contribution in [3.05, 3.63) is 36.4 Å². The van der Waals surface area contributed by atoms with E-state index in [-0.39, 0.29) is 15.6 Å². The molecular weight excluding hydrogens is 273 g/mol. The molecule has 0 aliphatic carbocycles. The van der Waals surface area contributed by atoms with E-state index < -0.39 is 20.1 Å². The minimum atomic E-state index is -5.02. The van der Waals surface area contributed by atoms with Gasteiger partial charge in [0.2, 0.25) is 0 Å². The van der Waals surface area contributed by atoms with Crippen molar-refractivity contribution in [3.8, 4) is 0 Å². The second kappa shape index (κ2) is 4.70. The molecule has 6 heteroatoms. The summed E-state index contributed by atoms with van der Waals surface area (Å²) in [5.74, 6) is -0.462. The molecule has 1 aromatic carbocycles. The van der Waals surface area contributed by atoms with Crippen molar-refractivity contribution >= 4 is 30.1 Å². The van der Waals surface area contributed by atoms with Gasteiger partial charge in [-0.05, 0) is 0 Å². The molecule has 0 unspecified atom stereocenters. The third kappa shape index (κ3) is 3.10. The monoisotopic (exact) mass is 285 g/mol. The molecular formula is C10H12AsNO4. The van der Waals surface area contributed by atoms with Crippen LogP contribution in [-0.2, 0) is 8.53 Å². The van der Waals surface area contributed by atoms with E-state index in [2.05, 4.69) is 11.9 Å². The van der Waals surface area contributed by atoms with Crippen LogP contribution in [0.4, 0.5) is 5.69 Å². The number of carbonyl (C=O) groups excluding carboxylic acids is 1. The molecule has 1 aromatic rings. The van der Waals surface area contributed by atoms with Crippen LogP contribution < -0.4 is 9.67 Å². The Kier molecular flexibility index (Phi) is 3.75. The summed E-state index contributed by atoms with van der Waals surface area (Å²) in [5, 5.41) is 2.40. The van der Waals surface area contributed by atoms with Crippen molar-refractivity contribution in [3.63, 3.8) is 0 Å². The first-order valence-electron chi connectivity index (χ1n) is 4.44. The Balaban J connectivity index is 3.10. The summed E-state index contributed by atoms with van der Waals surface area (Å²) >= 11 is -5.02. The topological polar surface area (TPSA) is 86.6 Å². The number of carbonyl (C=O) groups is 1. The van der Waals surface area contributed by atoms with Crippen LogP contribution in [-0.4, -0.2) is 28.3 Å². The Morgan fingerprint density at radius 2 is 1.94 bits per heavy atom. The van der Waals surface area contributed by atoms with Gasteiger partial charge in [0.05, 0.1) is 0 Å². The Morgan fingerprint density at radius 3 is 2.44 bits per heavy atom. The fourth-order valence-corrected chi connectivity index (χ4v) is 2.58. The van der Waals surface area contributed by atoms with E-state index in [4.69, 9.17) is 8.19 Å². The number of hydrogen-bond acceptors (Lipinski definition) is 2. The van der Waals surface area contributed by atoms with Crippen LogP contribution in [0.1, 0.15) is 6.92 Å². The van der Waals surface area contributed by atoms with E-state index in [0.717, 1.165) is 0 Å². The summed E-state index contributed by atoms with van der Waals surface area (Å²) in [6.45, 7) is 4.96. The molecule has 1 amide bonds. The van der Waals surface area contributed by atoms with Crippen LogP contribution in [0, 0.1) is 0 Å². The van der Waals surface area contributed by atoms with Crippen LogP contribution in [0.25, 0.3) is 0 Å². The fourth-order valence-electron chi connectivity index (χ4n) is 1.06. The number of nitrogens with one attached hydrogen (secondary N) is 1. The van der Waals surface area contributed by atoms with Gasteiger partial charge in [0.15, 0.2) is 0 Å². The molecule has 3 N–H and O–H groups in total. The SMILES string of the molecule is C=C(C)C(=O)Nc1ccccc1[As](=O)(O)O. The number of amides is 1. The second-order valence-corrected chi connectivity index (χ2v) is 6.59. The zero-order valence-electron chi connectivity index (χ0n) is 8.67. The van der Waals surface area contributed by atoms with Gasteiger partial charge in [-0.2, -0.15) is 0 Å². The zero-order valence-corrected chi connectivity index (χ0v) is 10.6. The van der Waals surface area contributed by atoms with E-state index in [0.29, 0.717) is 0 Å². The predicted octanol–water partition coefficient (Wildman–Crippen LogP) is -0.238. The first-order valence-corrected chi connectivity index (χ1v) is 7.82. The Morgan fingerprint density at radius 1 is 1.38 bits per heavy atom. The zero-order chi connectivity index (χ0) is 12.3. The summed E-state index contributed by atoms with van der Waals surface area (Å²) in [5.41, 5.74) is 0.399. The Hall–Kier alpha value is -1.29. The number of para-hydroxylation sites is 1. The molecule has 0 radical (unpaired) electrons. The van der Waals surface area contributed by atoms with E-state index in [1.165, 1.54) is 25.1 Å². The first kappa shape index (κ1) is 12.8. The molecule has 0 aliphatic heterocycles. The molecule has 0 bridgehead atoms. The summed E-state index contributed by atoms with van der Waals surface area (Å²) < 4.78 is 29.3. The van der Waals surface area contributed by atoms with E-state index >= 15 is 0 Å². The van der Waals surface area contributed by atoms with Gasteiger partial charge in [-0.15, -0.1) is 0 Å². The fraction of sp³-hybridized carbons (Fsp3) is 0.100. The van der Waals surface area contributed by atoms with E-state index in [9.17, 15) is 8.53 Å². The average Bonchev–Trinajstić information content (AvgIpc) is 2.16. The number of benzene rings is 1. The summed E-state index contributed by atoms with van der Waals surface area (Å²) in [7, 11) is 0. The van der Waals surface area contributed by atoms with Crippen molar-refractivity contribution in [1.82, 2.24) is 0 Å². The van der Waals surface area contributed by atoms with Gasteiger partial charge in [-0.25, -0.2) is 0 Å². The molecule has 5 nitrogen and oxygen atoms in total. The second-order valence-electron chi connectivity index (χ2n) is 3.30. The van der Waals surface area contributed by atoms with Crippen molar-refractivity contribution in [1.29, 1.82) is 0 Å². The van der Waals surface area contributed by atoms with E-state index in [1.54, 1.807) is 6.07 Å². The summed E-state index contributed by atoms with van der Waals surface area (Å²) in [4.78, 5) is 11.3. The Labute approximate surface area is 95.8 Å². The van der Waals surface area contributed by atoms with Crippen LogP contribution in [0.2, 0.25) is 0 Å². The normalized spacial score (nSPS) is 10.9. The predicted molar refractivity (Wildman–Crippen MR) is 60.4 cm³/mol. The molecule has 0 saturated heterocycles. The molecule has 0 fully saturated rings. The molecule has 0 aromatic heterocycles. The molecule has 1 rings (SSSR count). The maximum absolute atomic E-state index is 11.3. The molecule has 0 spiro atoms. The molecule has 0 aliphatic rings. The summed E-state index contributed by atoms with van der Waals surface area (Å²) in [6.07, 6.45) is 0. The van der Waals surface area contributed by atoms with Crippen LogP contribution in [0.3, 0.4) is 0 Å². The van der Waals surface area contributed by atoms with Gasteiger partial charge in [-0.1, -0.05) is 0 Å². The quantitative estimate of drug-likeness (QED) is 0.528. The third-order valence-corrected chi connectivity index (χ3v) is 3.99. The standard InChI is InChI=1S/C10H12AsNO4/c1-7(2)10(13)12-9-6-4-3-5-8(9)11(14,15)16/h3-6H,1H2,2H3,(H,12,13)(H2,14,15,16). The van der Waals surface area contributed by atoms with Crippen molar-refractivity contribution < 1.29 is 16.7 Å². The number of anilines is 1. The maximum atomic E-state index is 11.3. The first-order chi connectivity index (χ1) is 7.32. The molecule has 0 heterocycles. The van der Waals surface area contributed by atoms with Gasteiger partial charge in [-0.3, -0.25) is 0 Å². The van der Waals surface area contributed by atoms with Gasteiger partial charge in [0.25, 0.3) is 0 Å². The van der Waals surface area contributed by atoms with Gasteiger partial charge in [0, 0.05) is 0 Å². The van der Waals surface area contributed by atoms with Crippen molar-refractivity contribution in [2.75, 3.05) is 5.32 Å². The van der Waals surface area contributed by atoms with Gasteiger partial charge in [0.1, 0.15) is 0 Å². The molecule has 0 atom stereocenters. The average molecular weight is 285 g/mol. The Bertz CT molecular complexity index is 477. The third-order valence-electron chi connectivity index (χ3n) is 1.85. The summed E-state index contributed by atoms with van der Waals surface area (Å²) in [6, 6.07) is 5.83. The van der Waals surface area contributed by atoms with Crippen molar-refractivity contribution in [2.24, 2.45) is 0 Å². The molecule has 86 valence electrons. The molecule has 16 heavy (non-hydrogen) atoms. The molecule has 0 saturated carbocycles. The minimum absolute atomic E-state index is 0.128. The van der Waals surface area contributed by atoms with E-state index in [1.807, 2.05) is 0 Å². The number of rotatable bonds is 3. The van der Waals surface area contributed by atoms with Crippen molar-refractivity contribution in [2.45, 2.75) is 6.92 Å².